The molecule has 18 heavy (non-hydrogen) atoms. The fourth-order valence-corrected chi connectivity index (χ4v) is 3.00. The average molecular weight is 256 g/mol. The average Bonchev–Trinajstić information content (AvgIpc) is 2.36. The zero-order chi connectivity index (χ0) is 13.8. The Bertz CT molecular complexity index is 285. The van der Waals surface area contributed by atoms with E-state index in [0.29, 0.717) is 5.92 Å². The minimum Gasteiger partial charge on any atom is -0.481 e. The van der Waals surface area contributed by atoms with Crippen LogP contribution in [0.1, 0.15) is 65.7 Å². The van der Waals surface area contributed by atoms with Gasteiger partial charge in [-0.25, -0.2) is 0 Å². The molecule has 2 unspecified atom stereocenters. The van der Waals surface area contributed by atoms with Crippen molar-refractivity contribution in [3.63, 3.8) is 0 Å². The Hall–Kier alpha value is -0.570. The second kappa shape index (κ2) is 6.05. The molecule has 0 bridgehead atoms. The Morgan fingerprint density at radius 1 is 1.50 bits per heavy atom. The van der Waals surface area contributed by atoms with Crippen LogP contribution in [-0.2, 0) is 9.53 Å². The van der Waals surface area contributed by atoms with E-state index < -0.39 is 11.4 Å². The van der Waals surface area contributed by atoms with Gasteiger partial charge in [-0.1, -0.05) is 26.2 Å². The number of carboxylic acid groups (broad SMARTS) is 1. The number of carboxylic acids is 1. The summed E-state index contributed by atoms with van der Waals surface area (Å²) in [6.45, 7) is 6.23. The lowest BCUT2D eigenvalue weighted by Gasteiger charge is -2.39. The topological polar surface area (TPSA) is 46.5 Å². The van der Waals surface area contributed by atoms with Crippen LogP contribution in [0.5, 0.6) is 0 Å². The standard InChI is InChI=1S/C15H28O3/c1-5-12-7-6-8-15(11-12,13(16)17)10-9-14(2,3)18-4/h12H,5-11H2,1-4H3,(H,16,17). The fourth-order valence-electron chi connectivity index (χ4n) is 3.00. The van der Waals surface area contributed by atoms with Gasteiger partial charge in [-0.05, 0) is 45.4 Å². The normalized spacial score (nSPS) is 29.2. The van der Waals surface area contributed by atoms with Crippen molar-refractivity contribution in [2.45, 2.75) is 71.3 Å². The number of hydrogen-bond donors (Lipinski definition) is 1. The van der Waals surface area contributed by atoms with Gasteiger partial charge in [0, 0.05) is 7.11 Å². The van der Waals surface area contributed by atoms with Gasteiger partial charge < -0.3 is 9.84 Å². The number of methoxy groups -OCH3 is 1. The Morgan fingerprint density at radius 2 is 2.17 bits per heavy atom. The van der Waals surface area contributed by atoms with E-state index in [0.717, 1.165) is 38.5 Å². The summed E-state index contributed by atoms with van der Waals surface area (Å²) >= 11 is 0. The molecule has 0 aromatic carbocycles. The van der Waals surface area contributed by atoms with Gasteiger partial charge in [-0.15, -0.1) is 0 Å². The summed E-state index contributed by atoms with van der Waals surface area (Å²) in [4.78, 5) is 11.7. The SMILES string of the molecule is CCC1CCCC(CCC(C)(C)OC)(C(=O)O)C1. The van der Waals surface area contributed by atoms with E-state index in [2.05, 4.69) is 6.92 Å². The molecule has 106 valence electrons. The predicted molar refractivity (Wildman–Crippen MR) is 72.6 cm³/mol. The van der Waals surface area contributed by atoms with Gasteiger partial charge in [0.15, 0.2) is 0 Å². The lowest BCUT2D eigenvalue weighted by Crippen LogP contribution is -2.38. The summed E-state index contributed by atoms with van der Waals surface area (Å²) < 4.78 is 5.41. The number of carbonyl (C=O) groups is 1. The summed E-state index contributed by atoms with van der Waals surface area (Å²) in [6, 6.07) is 0. The second-order valence-corrected chi connectivity index (χ2v) is 6.42. The van der Waals surface area contributed by atoms with Crippen LogP contribution in [0.15, 0.2) is 0 Å². The molecular formula is C15H28O3. The molecule has 0 heterocycles. The molecule has 2 atom stereocenters. The largest absolute Gasteiger partial charge is 0.481 e. The molecule has 0 amide bonds. The van der Waals surface area contributed by atoms with E-state index in [1.807, 2.05) is 13.8 Å². The minimum atomic E-state index is -0.604. The Balaban J connectivity index is 2.72. The Morgan fingerprint density at radius 3 is 2.67 bits per heavy atom. The maximum Gasteiger partial charge on any atom is 0.309 e. The number of aliphatic carboxylic acids is 1. The van der Waals surface area contributed by atoms with Crippen LogP contribution in [0.25, 0.3) is 0 Å². The highest BCUT2D eigenvalue weighted by molar-refractivity contribution is 5.74. The summed E-state index contributed by atoms with van der Waals surface area (Å²) in [6.07, 6.45) is 6.57. The molecule has 3 heteroatoms. The summed E-state index contributed by atoms with van der Waals surface area (Å²) in [7, 11) is 1.70. The van der Waals surface area contributed by atoms with Crippen LogP contribution in [0.3, 0.4) is 0 Å². The third-order valence-electron chi connectivity index (χ3n) is 4.74. The summed E-state index contributed by atoms with van der Waals surface area (Å²) in [5, 5.41) is 9.63. The maximum absolute atomic E-state index is 11.7. The molecule has 0 radical (unpaired) electrons. The number of ether oxygens (including phenoxy) is 1. The van der Waals surface area contributed by atoms with Crippen molar-refractivity contribution in [1.29, 1.82) is 0 Å². The third-order valence-corrected chi connectivity index (χ3v) is 4.74. The van der Waals surface area contributed by atoms with Crippen LogP contribution < -0.4 is 0 Å². The van der Waals surface area contributed by atoms with E-state index in [9.17, 15) is 9.90 Å². The summed E-state index contributed by atoms with van der Waals surface area (Å²) in [5.74, 6) is -0.0203. The molecule has 0 aromatic rings. The van der Waals surface area contributed by atoms with E-state index in [4.69, 9.17) is 4.74 Å². The zero-order valence-corrected chi connectivity index (χ0v) is 12.3. The highest BCUT2D eigenvalue weighted by atomic mass is 16.5. The predicted octanol–water partition coefficient (Wildman–Crippen LogP) is 3.86. The lowest BCUT2D eigenvalue weighted by molar-refractivity contribution is -0.153. The monoisotopic (exact) mass is 256 g/mol. The number of hydrogen-bond acceptors (Lipinski definition) is 2. The van der Waals surface area contributed by atoms with Gasteiger partial charge in [-0.2, -0.15) is 0 Å². The van der Waals surface area contributed by atoms with E-state index in [1.165, 1.54) is 6.42 Å². The van der Waals surface area contributed by atoms with Crippen molar-refractivity contribution < 1.29 is 14.6 Å². The molecule has 1 aliphatic carbocycles. The highest BCUT2D eigenvalue weighted by Crippen LogP contribution is 2.45. The van der Waals surface area contributed by atoms with Crippen molar-refractivity contribution in [3.8, 4) is 0 Å². The van der Waals surface area contributed by atoms with Gasteiger partial charge in [0.05, 0.1) is 11.0 Å². The van der Waals surface area contributed by atoms with Crippen molar-refractivity contribution in [1.82, 2.24) is 0 Å². The summed E-state index contributed by atoms with van der Waals surface area (Å²) in [5.41, 5.74) is -0.726. The smallest absolute Gasteiger partial charge is 0.309 e. The van der Waals surface area contributed by atoms with Crippen molar-refractivity contribution in [3.05, 3.63) is 0 Å². The molecule has 1 rings (SSSR count). The zero-order valence-electron chi connectivity index (χ0n) is 12.3. The lowest BCUT2D eigenvalue weighted by atomic mass is 9.66. The molecular weight excluding hydrogens is 228 g/mol. The van der Waals surface area contributed by atoms with Crippen molar-refractivity contribution >= 4 is 5.97 Å². The van der Waals surface area contributed by atoms with E-state index >= 15 is 0 Å². The molecule has 3 nitrogen and oxygen atoms in total. The first-order valence-electron chi connectivity index (χ1n) is 7.14. The van der Waals surface area contributed by atoms with Gasteiger partial charge >= 0.3 is 5.97 Å². The molecule has 1 aliphatic rings. The Kier molecular flexibility index (Phi) is 5.20. The number of rotatable bonds is 6. The molecule has 0 aromatic heterocycles. The first kappa shape index (κ1) is 15.5. The molecule has 1 N–H and O–H groups in total. The van der Waals surface area contributed by atoms with Gasteiger partial charge in [-0.3, -0.25) is 4.79 Å². The van der Waals surface area contributed by atoms with Crippen LogP contribution in [-0.4, -0.2) is 23.8 Å². The molecule has 0 aliphatic heterocycles. The van der Waals surface area contributed by atoms with E-state index in [-0.39, 0.29) is 5.60 Å². The molecule has 1 saturated carbocycles. The van der Waals surface area contributed by atoms with Gasteiger partial charge in [0.25, 0.3) is 0 Å². The van der Waals surface area contributed by atoms with Gasteiger partial charge in [0.1, 0.15) is 0 Å². The highest BCUT2D eigenvalue weighted by Gasteiger charge is 2.43. The van der Waals surface area contributed by atoms with Crippen molar-refractivity contribution in [2.24, 2.45) is 11.3 Å². The van der Waals surface area contributed by atoms with Crippen molar-refractivity contribution in [2.75, 3.05) is 7.11 Å². The molecule has 0 spiro atoms. The Labute approximate surface area is 111 Å². The quantitative estimate of drug-likeness (QED) is 0.785. The van der Waals surface area contributed by atoms with Gasteiger partial charge in [0.2, 0.25) is 0 Å². The third kappa shape index (κ3) is 3.71. The van der Waals surface area contributed by atoms with Crippen LogP contribution in [0.2, 0.25) is 0 Å². The van der Waals surface area contributed by atoms with Crippen LogP contribution in [0.4, 0.5) is 0 Å². The van der Waals surface area contributed by atoms with Crippen LogP contribution >= 0.6 is 0 Å². The van der Waals surface area contributed by atoms with Crippen LogP contribution in [0, 0.1) is 11.3 Å². The molecule has 1 fully saturated rings. The minimum absolute atomic E-state index is 0.221. The maximum atomic E-state index is 11.7. The fraction of sp³-hybridized carbons (Fsp3) is 0.933. The first-order chi connectivity index (χ1) is 8.35. The first-order valence-corrected chi connectivity index (χ1v) is 7.14. The van der Waals surface area contributed by atoms with E-state index in [1.54, 1.807) is 7.11 Å². The second-order valence-electron chi connectivity index (χ2n) is 6.42. The molecule has 0 saturated heterocycles.